The fourth-order valence-electron chi connectivity index (χ4n) is 1.44. The zero-order chi connectivity index (χ0) is 8.55. The predicted molar refractivity (Wildman–Crippen MR) is 50.1 cm³/mol. The zero-order valence-electron chi connectivity index (χ0n) is 6.60. The summed E-state index contributed by atoms with van der Waals surface area (Å²) in [6, 6.07) is 7.92. The summed E-state index contributed by atoms with van der Waals surface area (Å²) < 4.78 is 0. The van der Waals surface area contributed by atoms with E-state index in [1.165, 1.54) is 4.90 Å². The van der Waals surface area contributed by atoms with Gasteiger partial charge < -0.3 is 10.8 Å². The van der Waals surface area contributed by atoms with Crippen molar-refractivity contribution >= 4 is 11.8 Å². The molecule has 0 amide bonds. The normalized spacial score (nSPS) is 27.2. The van der Waals surface area contributed by atoms with E-state index in [9.17, 15) is 5.11 Å². The summed E-state index contributed by atoms with van der Waals surface area (Å²) >= 11 is 1.67. The number of fused-ring (bicyclic) bond motifs is 1. The third-order valence-corrected chi connectivity index (χ3v) is 3.48. The Hall–Kier alpha value is -0.510. The van der Waals surface area contributed by atoms with Crippen molar-refractivity contribution in [3.8, 4) is 0 Å². The average Bonchev–Trinajstić information content (AvgIpc) is 2.44. The fourth-order valence-corrected chi connectivity index (χ4v) is 2.62. The van der Waals surface area contributed by atoms with Crippen molar-refractivity contribution in [1.82, 2.24) is 0 Å². The molecule has 1 aliphatic rings. The smallest absolute Gasteiger partial charge is 0.0935 e. The van der Waals surface area contributed by atoms with Crippen LogP contribution in [0.1, 0.15) is 11.7 Å². The molecule has 0 saturated heterocycles. The highest BCUT2D eigenvalue weighted by atomic mass is 32.2. The molecule has 2 unspecified atom stereocenters. The van der Waals surface area contributed by atoms with Crippen LogP contribution >= 0.6 is 11.8 Å². The largest absolute Gasteiger partial charge is 0.387 e. The van der Waals surface area contributed by atoms with Crippen LogP contribution in [0, 0.1) is 0 Å². The minimum absolute atomic E-state index is 0.141. The van der Waals surface area contributed by atoms with Crippen LogP contribution < -0.4 is 5.73 Å². The topological polar surface area (TPSA) is 46.2 Å². The maximum atomic E-state index is 9.74. The van der Waals surface area contributed by atoms with Crippen molar-refractivity contribution in [3.05, 3.63) is 29.8 Å². The van der Waals surface area contributed by atoms with Crippen LogP contribution in [-0.4, -0.2) is 16.9 Å². The van der Waals surface area contributed by atoms with Gasteiger partial charge in [-0.25, -0.2) is 0 Å². The van der Waals surface area contributed by atoms with Gasteiger partial charge in [-0.2, -0.15) is 0 Å². The highest BCUT2D eigenvalue weighted by Gasteiger charge is 2.29. The molecule has 0 aromatic heterocycles. The monoisotopic (exact) mass is 181 g/mol. The van der Waals surface area contributed by atoms with Gasteiger partial charge in [0.05, 0.1) is 11.4 Å². The van der Waals surface area contributed by atoms with Crippen LogP contribution in [0.3, 0.4) is 0 Å². The van der Waals surface area contributed by atoms with Crippen LogP contribution in [0.25, 0.3) is 0 Å². The van der Waals surface area contributed by atoms with Crippen molar-refractivity contribution in [2.45, 2.75) is 16.2 Å². The van der Waals surface area contributed by atoms with Gasteiger partial charge in [-0.1, -0.05) is 18.2 Å². The maximum Gasteiger partial charge on any atom is 0.0935 e. The van der Waals surface area contributed by atoms with Crippen molar-refractivity contribution < 1.29 is 5.11 Å². The van der Waals surface area contributed by atoms with Gasteiger partial charge in [-0.15, -0.1) is 11.8 Å². The van der Waals surface area contributed by atoms with Crippen molar-refractivity contribution in [3.63, 3.8) is 0 Å². The first-order chi connectivity index (χ1) is 5.83. The highest BCUT2D eigenvalue weighted by Crippen LogP contribution is 2.43. The molecule has 0 radical (unpaired) electrons. The molecule has 1 aromatic carbocycles. The molecule has 64 valence electrons. The highest BCUT2D eigenvalue weighted by molar-refractivity contribution is 8.00. The van der Waals surface area contributed by atoms with Crippen molar-refractivity contribution in [1.29, 1.82) is 0 Å². The summed E-state index contributed by atoms with van der Waals surface area (Å²) in [4.78, 5) is 1.17. The van der Waals surface area contributed by atoms with Crippen LogP contribution in [0.4, 0.5) is 0 Å². The maximum absolute atomic E-state index is 9.74. The molecular formula is C9H11NOS. The molecule has 2 nitrogen and oxygen atoms in total. The van der Waals surface area contributed by atoms with Gasteiger partial charge in [-0.3, -0.25) is 0 Å². The van der Waals surface area contributed by atoms with Crippen LogP contribution in [0.15, 0.2) is 29.2 Å². The molecule has 0 aliphatic carbocycles. The summed E-state index contributed by atoms with van der Waals surface area (Å²) in [5, 5.41) is 9.88. The Balaban J connectivity index is 2.35. The standard InChI is InChI=1S/C9H11NOS/c10-5-8-9(11)6-3-1-2-4-7(6)12-8/h1-4,8-9,11H,5,10H2. The second-order valence-corrected chi connectivity index (χ2v) is 4.16. The molecule has 1 heterocycles. The molecule has 0 fully saturated rings. The van der Waals surface area contributed by atoms with Gasteiger partial charge in [0.25, 0.3) is 0 Å². The second-order valence-electron chi connectivity index (χ2n) is 2.87. The Morgan fingerprint density at radius 3 is 2.83 bits per heavy atom. The lowest BCUT2D eigenvalue weighted by atomic mass is 10.1. The summed E-state index contributed by atoms with van der Waals surface area (Å²) in [5.41, 5.74) is 6.55. The SMILES string of the molecule is NCC1Sc2ccccc2C1O. The molecular weight excluding hydrogens is 170 g/mol. The first-order valence-corrected chi connectivity index (χ1v) is 4.84. The van der Waals surface area contributed by atoms with Gasteiger partial charge in [0.1, 0.15) is 0 Å². The molecule has 3 N–H and O–H groups in total. The number of hydrogen-bond donors (Lipinski definition) is 2. The molecule has 0 saturated carbocycles. The number of benzene rings is 1. The summed E-state index contributed by atoms with van der Waals surface area (Å²) in [7, 11) is 0. The van der Waals surface area contributed by atoms with Crippen LogP contribution in [-0.2, 0) is 0 Å². The number of rotatable bonds is 1. The molecule has 1 aromatic rings. The third kappa shape index (κ3) is 1.14. The van der Waals surface area contributed by atoms with Crippen LogP contribution in [0.2, 0.25) is 0 Å². The van der Waals surface area contributed by atoms with Gasteiger partial charge in [0.15, 0.2) is 0 Å². The predicted octanol–water partition coefficient (Wildman–Crippen LogP) is 1.15. The van der Waals surface area contributed by atoms with Gasteiger partial charge in [0.2, 0.25) is 0 Å². The van der Waals surface area contributed by atoms with Gasteiger partial charge in [-0.05, 0) is 11.6 Å². The average molecular weight is 181 g/mol. The van der Waals surface area contributed by atoms with Crippen molar-refractivity contribution in [2.24, 2.45) is 5.73 Å². The number of aliphatic hydroxyl groups excluding tert-OH is 1. The minimum Gasteiger partial charge on any atom is -0.387 e. The first-order valence-electron chi connectivity index (χ1n) is 3.96. The quantitative estimate of drug-likeness (QED) is 0.683. The Bertz CT molecular complexity index is 290. The molecule has 0 bridgehead atoms. The number of hydrogen-bond acceptors (Lipinski definition) is 3. The molecule has 12 heavy (non-hydrogen) atoms. The van der Waals surface area contributed by atoms with E-state index in [1.54, 1.807) is 11.8 Å². The van der Waals surface area contributed by atoms with Gasteiger partial charge >= 0.3 is 0 Å². The molecule has 3 heteroatoms. The lowest BCUT2D eigenvalue weighted by molar-refractivity contribution is 0.178. The Morgan fingerprint density at radius 2 is 2.17 bits per heavy atom. The number of nitrogens with two attached hydrogens (primary N) is 1. The van der Waals surface area contributed by atoms with E-state index in [-0.39, 0.29) is 11.4 Å². The molecule has 2 rings (SSSR count). The van der Waals surface area contributed by atoms with Crippen LogP contribution in [0.5, 0.6) is 0 Å². The molecule has 0 spiro atoms. The van der Waals surface area contributed by atoms with E-state index in [0.29, 0.717) is 6.54 Å². The van der Waals surface area contributed by atoms with E-state index in [0.717, 1.165) is 5.56 Å². The summed E-state index contributed by atoms with van der Waals surface area (Å²) in [5.74, 6) is 0. The molecule has 2 atom stereocenters. The fraction of sp³-hybridized carbons (Fsp3) is 0.333. The summed E-state index contributed by atoms with van der Waals surface area (Å²) in [6.07, 6.45) is -0.379. The second kappa shape index (κ2) is 3.09. The lowest BCUT2D eigenvalue weighted by Crippen LogP contribution is -2.20. The van der Waals surface area contributed by atoms with E-state index in [2.05, 4.69) is 0 Å². The minimum atomic E-state index is -0.379. The Morgan fingerprint density at radius 1 is 1.42 bits per heavy atom. The van der Waals surface area contributed by atoms with E-state index >= 15 is 0 Å². The van der Waals surface area contributed by atoms with Crippen molar-refractivity contribution in [2.75, 3.05) is 6.54 Å². The number of thioether (sulfide) groups is 1. The Kier molecular flexibility index (Phi) is 2.09. The third-order valence-electron chi connectivity index (χ3n) is 2.10. The summed E-state index contributed by atoms with van der Waals surface area (Å²) in [6.45, 7) is 0.528. The zero-order valence-corrected chi connectivity index (χ0v) is 7.42. The Labute approximate surface area is 75.8 Å². The van der Waals surface area contributed by atoms with E-state index in [1.807, 2.05) is 24.3 Å². The number of aliphatic hydroxyl groups is 1. The van der Waals surface area contributed by atoms with E-state index < -0.39 is 0 Å². The molecule has 1 aliphatic heterocycles. The lowest BCUT2D eigenvalue weighted by Gasteiger charge is -2.09. The first kappa shape index (κ1) is 8.10. The van der Waals surface area contributed by atoms with E-state index in [4.69, 9.17) is 5.73 Å². The van der Waals surface area contributed by atoms with Gasteiger partial charge in [0, 0.05) is 11.4 Å².